The van der Waals surface area contributed by atoms with Crippen molar-refractivity contribution in [3.05, 3.63) is 101 Å². The Morgan fingerprint density at radius 3 is 2.29 bits per heavy atom. The number of amides is 1. The number of carbonyl (C=O) groups is 2. The van der Waals surface area contributed by atoms with E-state index in [1.807, 2.05) is 24.3 Å². The molecule has 0 fully saturated rings. The number of fused-ring (bicyclic) bond motifs is 1. The third kappa shape index (κ3) is 3.21. The summed E-state index contributed by atoms with van der Waals surface area (Å²) >= 11 is 5.94. The van der Waals surface area contributed by atoms with Crippen molar-refractivity contribution in [3.8, 4) is 0 Å². The molecule has 3 aromatic rings. The number of nitrogens with zero attached hydrogens (tertiary/aromatic N) is 1. The maximum absolute atomic E-state index is 13.2. The van der Waals surface area contributed by atoms with Crippen molar-refractivity contribution >= 4 is 29.0 Å². The zero-order chi connectivity index (χ0) is 19.7. The van der Waals surface area contributed by atoms with Gasteiger partial charge in [0, 0.05) is 16.1 Å². The van der Waals surface area contributed by atoms with Gasteiger partial charge in [-0.2, -0.15) is 0 Å². The molecule has 1 amide bonds. The van der Waals surface area contributed by atoms with Crippen LogP contribution in [0, 0.1) is 0 Å². The van der Waals surface area contributed by atoms with E-state index >= 15 is 0 Å². The van der Waals surface area contributed by atoms with Crippen LogP contribution < -0.4 is 4.90 Å². The van der Waals surface area contributed by atoms with Gasteiger partial charge in [-0.1, -0.05) is 72.3 Å². The van der Waals surface area contributed by atoms with Crippen LogP contribution in [0.25, 0.3) is 0 Å². The molecule has 0 saturated heterocycles. The van der Waals surface area contributed by atoms with E-state index in [4.69, 9.17) is 11.6 Å². The van der Waals surface area contributed by atoms with E-state index in [1.54, 1.807) is 54.6 Å². The quantitative estimate of drug-likeness (QED) is 0.658. The Morgan fingerprint density at radius 2 is 1.57 bits per heavy atom. The maximum Gasteiger partial charge on any atom is 0.264 e. The van der Waals surface area contributed by atoms with Crippen LogP contribution in [0.5, 0.6) is 0 Å². The number of aliphatic hydroxyl groups is 1. The van der Waals surface area contributed by atoms with Crippen molar-refractivity contribution in [1.82, 2.24) is 0 Å². The van der Waals surface area contributed by atoms with Gasteiger partial charge in [0.2, 0.25) is 0 Å². The highest BCUT2D eigenvalue weighted by atomic mass is 35.5. The molecule has 4 rings (SSSR count). The smallest absolute Gasteiger partial charge is 0.264 e. The Labute approximate surface area is 168 Å². The van der Waals surface area contributed by atoms with Crippen LogP contribution in [-0.2, 0) is 16.9 Å². The molecule has 1 N–H and O–H groups in total. The molecule has 0 radical (unpaired) electrons. The average molecular weight is 392 g/mol. The first-order valence-electron chi connectivity index (χ1n) is 8.95. The molecule has 28 heavy (non-hydrogen) atoms. The Balaban J connectivity index is 1.68. The van der Waals surface area contributed by atoms with Crippen molar-refractivity contribution in [3.63, 3.8) is 0 Å². The average Bonchev–Trinajstić information content (AvgIpc) is 2.92. The summed E-state index contributed by atoms with van der Waals surface area (Å²) < 4.78 is 0. The first-order chi connectivity index (χ1) is 13.5. The highest BCUT2D eigenvalue weighted by Crippen LogP contribution is 2.43. The predicted octanol–water partition coefficient (Wildman–Crippen LogP) is 4.35. The summed E-state index contributed by atoms with van der Waals surface area (Å²) in [5.41, 5.74) is 0.545. The van der Waals surface area contributed by atoms with Crippen molar-refractivity contribution in [2.75, 3.05) is 4.90 Å². The monoisotopic (exact) mass is 391 g/mol. The van der Waals surface area contributed by atoms with Gasteiger partial charge in [0.25, 0.3) is 5.91 Å². The Morgan fingerprint density at radius 1 is 0.929 bits per heavy atom. The number of anilines is 1. The minimum Gasteiger partial charge on any atom is -0.375 e. The van der Waals surface area contributed by atoms with E-state index in [2.05, 4.69) is 0 Å². The summed E-state index contributed by atoms with van der Waals surface area (Å²) in [4.78, 5) is 27.5. The van der Waals surface area contributed by atoms with Crippen LogP contribution in [0.1, 0.15) is 27.9 Å². The van der Waals surface area contributed by atoms with Gasteiger partial charge in [-0.3, -0.25) is 9.59 Å². The molecule has 0 aliphatic carbocycles. The summed E-state index contributed by atoms with van der Waals surface area (Å²) in [6.07, 6.45) is -0.302. The largest absolute Gasteiger partial charge is 0.375 e. The number of benzene rings is 3. The van der Waals surface area contributed by atoms with Crippen molar-refractivity contribution in [2.45, 2.75) is 18.6 Å². The lowest BCUT2D eigenvalue weighted by Crippen LogP contribution is -2.41. The second kappa shape index (κ2) is 7.23. The van der Waals surface area contributed by atoms with Gasteiger partial charge in [-0.15, -0.1) is 0 Å². The molecule has 0 unspecified atom stereocenters. The lowest BCUT2D eigenvalue weighted by molar-refractivity contribution is -0.136. The van der Waals surface area contributed by atoms with Gasteiger partial charge >= 0.3 is 0 Å². The molecule has 0 spiro atoms. The number of ketones is 1. The summed E-state index contributed by atoms with van der Waals surface area (Å²) in [7, 11) is 0. The van der Waals surface area contributed by atoms with Gasteiger partial charge in [-0.05, 0) is 23.8 Å². The Bertz CT molecular complexity index is 1030. The second-order valence-corrected chi connectivity index (χ2v) is 7.30. The summed E-state index contributed by atoms with van der Waals surface area (Å²) in [6.45, 7) is 0.287. The van der Waals surface area contributed by atoms with Crippen molar-refractivity contribution in [2.24, 2.45) is 0 Å². The number of rotatable bonds is 5. The highest BCUT2D eigenvalue weighted by Gasteiger charge is 2.50. The molecule has 3 aromatic carbocycles. The van der Waals surface area contributed by atoms with Crippen LogP contribution >= 0.6 is 11.6 Å². The van der Waals surface area contributed by atoms with E-state index in [0.29, 0.717) is 21.8 Å². The summed E-state index contributed by atoms with van der Waals surface area (Å²) in [6, 6.07) is 22.9. The van der Waals surface area contributed by atoms with E-state index in [0.717, 1.165) is 5.56 Å². The molecule has 5 heteroatoms. The highest BCUT2D eigenvalue weighted by molar-refractivity contribution is 6.30. The molecule has 1 aliphatic rings. The first-order valence-corrected chi connectivity index (χ1v) is 9.33. The number of hydrogen-bond acceptors (Lipinski definition) is 3. The van der Waals surface area contributed by atoms with Gasteiger partial charge in [0.05, 0.1) is 18.7 Å². The first kappa shape index (κ1) is 18.4. The van der Waals surface area contributed by atoms with E-state index in [-0.39, 0.29) is 18.7 Å². The molecule has 0 bridgehead atoms. The molecule has 1 heterocycles. The van der Waals surface area contributed by atoms with Crippen LogP contribution in [0.15, 0.2) is 78.9 Å². The Kier molecular flexibility index (Phi) is 4.75. The summed E-state index contributed by atoms with van der Waals surface area (Å²) in [5.74, 6) is -0.771. The van der Waals surface area contributed by atoms with Gasteiger partial charge in [0.1, 0.15) is 0 Å². The lowest BCUT2D eigenvalue weighted by atomic mass is 9.88. The van der Waals surface area contributed by atoms with Crippen LogP contribution in [0.2, 0.25) is 5.02 Å². The molecular weight excluding hydrogens is 374 g/mol. The molecule has 0 aromatic heterocycles. The van der Waals surface area contributed by atoms with E-state index in [9.17, 15) is 14.7 Å². The Hall–Kier alpha value is -2.95. The predicted molar refractivity (Wildman–Crippen MR) is 108 cm³/mol. The number of para-hydroxylation sites is 1. The fraction of sp³-hybridized carbons (Fsp3) is 0.130. The molecule has 1 aliphatic heterocycles. The second-order valence-electron chi connectivity index (χ2n) is 6.86. The number of halogens is 1. The van der Waals surface area contributed by atoms with Gasteiger partial charge < -0.3 is 10.0 Å². The fourth-order valence-corrected chi connectivity index (χ4v) is 3.69. The minimum absolute atomic E-state index is 0.278. The molecule has 1 atom stereocenters. The molecule has 0 saturated carbocycles. The topological polar surface area (TPSA) is 57.6 Å². The van der Waals surface area contributed by atoms with Crippen molar-refractivity contribution in [1.29, 1.82) is 0 Å². The molecular formula is C23H18ClNO3. The van der Waals surface area contributed by atoms with Crippen LogP contribution in [0.3, 0.4) is 0 Å². The SMILES string of the molecule is O=C(C[C@]1(O)C(=O)N(Cc2ccc(Cl)cc2)c2ccccc21)c1ccccc1. The number of Topliss-reactive ketones (excluding diaryl/α,β-unsaturated/α-hetero) is 1. The normalized spacial score (nSPS) is 18.2. The van der Waals surface area contributed by atoms with E-state index < -0.39 is 11.5 Å². The fourth-order valence-electron chi connectivity index (χ4n) is 3.57. The lowest BCUT2D eigenvalue weighted by Gasteiger charge is -2.23. The zero-order valence-corrected chi connectivity index (χ0v) is 15.8. The third-order valence-electron chi connectivity index (χ3n) is 5.01. The number of hydrogen-bond donors (Lipinski definition) is 1. The standard InChI is InChI=1S/C23H18ClNO3/c24-18-12-10-16(11-13-18)15-25-20-9-5-4-8-19(20)23(28,22(25)27)14-21(26)17-6-2-1-3-7-17/h1-13,28H,14-15H2/t23-/m1/s1. The van der Waals surface area contributed by atoms with Gasteiger partial charge in [-0.25, -0.2) is 0 Å². The maximum atomic E-state index is 13.2. The van der Waals surface area contributed by atoms with Crippen LogP contribution in [-0.4, -0.2) is 16.8 Å². The third-order valence-corrected chi connectivity index (χ3v) is 5.26. The molecule has 4 nitrogen and oxygen atoms in total. The summed E-state index contributed by atoms with van der Waals surface area (Å²) in [5, 5.41) is 11.9. The van der Waals surface area contributed by atoms with Crippen molar-refractivity contribution < 1.29 is 14.7 Å². The zero-order valence-electron chi connectivity index (χ0n) is 15.0. The minimum atomic E-state index is -1.88. The number of carbonyl (C=O) groups excluding carboxylic acids is 2. The van der Waals surface area contributed by atoms with E-state index in [1.165, 1.54) is 4.90 Å². The van der Waals surface area contributed by atoms with Gasteiger partial charge in [0.15, 0.2) is 11.4 Å². The van der Waals surface area contributed by atoms with Crippen LogP contribution in [0.4, 0.5) is 5.69 Å². The molecule has 140 valence electrons.